The van der Waals surface area contributed by atoms with E-state index in [2.05, 4.69) is 22.0 Å². The van der Waals surface area contributed by atoms with Crippen LogP contribution in [0, 0.1) is 6.92 Å². The standard InChI is InChI=1S/C23H26N2O2/c1-5-27-20-13-11-19(12-14-20)25-17(4)21(23(26)24-16(2)3)15-22(25)18-9-7-6-8-10-18/h6-16H,5H2,1-4H3,(H,24,26). The number of nitrogens with one attached hydrogen (secondary N) is 1. The molecule has 3 aromatic rings. The quantitative estimate of drug-likeness (QED) is 0.671. The Kier molecular flexibility index (Phi) is 5.65. The molecule has 2 aromatic carbocycles. The number of amides is 1. The van der Waals surface area contributed by atoms with Crippen LogP contribution in [0.2, 0.25) is 0 Å². The summed E-state index contributed by atoms with van der Waals surface area (Å²) in [6.07, 6.45) is 0. The molecular weight excluding hydrogens is 336 g/mol. The van der Waals surface area contributed by atoms with Gasteiger partial charge in [0.15, 0.2) is 0 Å². The summed E-state index contributed by atoms with van der Waals surface area (Å²) in [7, 11) is 0. The van der Waals surface area contributed by atoms with E-state index in [0.717, 1.165) is 28.4 Å². The summed E-state index contributed by atoms with van der Waals surface area (Å²) >= 11 is 0. The maximum Gasteiger partial charge on any atom is 0.253 e. The van der Waals surface area contributed by atoms with Gasteiger partial charge in [0.05, 0.1) is 17.9 Å². The van der Waals surface area contributed by atoms with Crippen molar-refractivity contribution in [3.05, 3.63) is 71.9 Å². The molecular formula is C23H26N2O2. The smallest absolute Gasteiger partial charge is 0.253 e. The number of nitrogens with zero attached hydrogens (tertiary/aromatic N) is 1. The van der Waals surface area contributed by atoms with Crippen molar-refractivity contribution in [3.63, 3.8) is 0 Å². The lowest BCUT2D eigenvalue weighted by Gasteiger charge is -2.13. The fourth-order valence-electron chi connectivity index (χ4n) is 3.19. The number of benzene rings is 2. The Morgan fingerprint density at radius 1 is 1.07 bits per heavy atom. The van der Waals surface area contributed by atoms with E-state index in [1.165, 1.54) is 0 Å². The molecule has 0 atom stereocenters. The Balaban J connectivity index is 2.12. The molecule has 0 bridgehead atoms. The second-order valence-corrected chi connectivity index (χ2v) is 6.79. The van der Waals surface area contributed by atoms with E-state index in [1.807, 2.05) is 76.2 Å². The predicted octanol–water partition coefficient (Wildman–Crippen LogP) is 4.99. The second-order valence-electron chi connectivity index (χ2n) is 6.79. The molecule has 0 spiro atoms. The average molecular weight is 362 g/mol. The van der Waals surface area contributed by atoms with Crippen LogP contribution in [0.1, 0.15) is 36.8 Å². The minimum absolute atomic E-state index is 0.0515. The Morgan fingerprint density at radius 2 is 1.74 bits per heavy atom. The molecule has 0 aliphatic heterocycles. The highest BCUT2D eigenvalue weighted by Crippen LogP contribution is 2.30. The van der Waals surface area contributed by atoms with Crippen molar-refractivity contribution in [3.8, 4) is 22.7 Å². The topological polar surface area (TPSA) is 43.3 Å². The lowest BCUT2D eigenvalue weighted by Crippen LogP contribution is -2.30. The normalized spacial score (nSPS) is 10.9. The summed E-state index contributed by atoms with van der Waals surface area (Å²) in [6.45, 7) is 8.52. The molecule has 140 valence electrons. The van der Waals surface area contributed by atoms with Crippen molar-refractivity contribution in [2.75, 3.05) is 6.61 Å². The molecule has 1 amide bonds. The molecule has 1 heterocycles. The maximum absolute atomic E-state index is 12.7. The summed E-state index contributed by atoms with van der Waals surface area (Å²) in [4.78, 5) is 12.7. The highest BCUT2D eigenvalue weighted by atomic mass is 16.5. The van der Waals surface area contributed by atoms with Gasteiger partial charge in [0.1, 0.15) is 5.75 Å². The number of hydrogen-bond acceptors (Lipinski definition) is 2. The van der Waals surface area contributed by atoms with Gasteiger partial charge in [-0.15, -0.1) is 0 Å². The van der Waals surface area contributed by atoms with E-state index in [1.54, 1.807) is 0 Å². The van der Waals surface area contributed by atoms with E-state index < -0.39 is 0 Å². The van der Waals surface area contributed by atoms with Gasteiger partial charge in [0.2, 0.25) is 0 Å². The van der Waals surface area contributed by atoms with Crippen molar-refractivity contribution in [2.45, 2.75) is 33.7 Å². The van der Waals surface area contributed by atoms with Crippen LogP contribution in [-0.2, 0) is 0 Å². The molecule has 0 aliphatic carbocycles. The van der Waals surface area contributed by atoms with Crippen molar-refractivity contribution in [1.82, 2.24) is 9.88 Å². The Bertz CT molecular complexity index is 910. The number of rotatable bonds is 6. The first-order valence-electron chi connectivity index (χ1n) is 9.33. The van der Waals surface area contributed by atoms with Gasteiger partial charge in [-0.1, -0.05) is 30.3 Å². The van der Waals surface area contributed by atoms with Gasteiger partial charge in [-0.3, -0.25) is 4.79 Å². The third-order valence-electron chi connectivity index (χ3n) is 4.39. The fraction of sp³-hybridized carbons (Fsp3) is 0.261. The molecule has 0 unspecified atom stereocenters. The lowest BCUT2D eigenvalue weighted by atomic mass is 10.1. The zero-order valence-corrected chi connectivity index (χ0v) is 16.3. The number of hydrogen-bond donors (Lipinski definition) is 1. The van der Waals surface area contributed by atoms with Crippen LogP contribution in [0.15, 0.2) is 60.7 Å². The Labute approximate surface area is 160 Å². The molecule has 1 N–H and O–H groups in total. The summed E-state index contributed by atoms with van der Waals surface area (Å²) in [5.41, 5.74) is 4.66. The van der Waals surface area contributed by atoms with Crippen LogP contribution in [0.5, 0.6) is 5.75 Å². The van der Waals surface area contributed by atoms with E-state index in [9.17, 15) is 4.79 Å². The molecule has 4 heteroatoms. The first-order chi connectivity index (χ1) is 13.0. The van der Waals surface area contributed by atoms with Crippen molar-refractivity contribution >= 4 is 5.91 Å². The largest absolute Gasteiger partial charge is 0.494 e. The molecule has 27 heavy (non-hydrogen) atoms. The zero-order chi connectivity index (χ0) is 19.4. The third-order valence-corrected chi connectivity index (χ3v) is 4.39. The summed E-state index contributed by atoms with van der Waals surface area (Å²) < 4.78 is 7.68. The first kappa shape index (κ1) is 18.8. The Hall–Kier alpha value is -3.01. The molecule has 4 nitrogen and oxygen atoms in total. The lowest BCUT2D eigenvalue weighted by molar-refractivity contribution is 0.0942. The van der Waals surface area contributed by atoms with E-state index in [-0.39, 0.29) is 11.9 Å². The van der Waals surface area contributed by atoms with Crippen LogP contribution in [-0.4, -0.2) is 23.1 Å². The molecule has 0 saturated carbocycles. The summed E-state index contributed by atoms with van der Waals surface area (Å²) in [6, 6.07) is 20.2. The number of aromatic nitrogens is 1. The third kappa shape index (κ3) is 4.05. The minimum atomic E-state index is -0.0515. The van der Waals surface area contributed by atoms with Gasteiger partial charge in [0.25, 0.3) is 5.91 Å². The highest BCUT2D eigenvalue weighted by Gasteiger charge is 2.20. The van der Waals surface area contributed by atoms with Crippen LogP contribution < -0.4 is 10.1 Å². The molecule has 0 fully saturated rings. The fourth-order valence-corrected chi connectivity index (χ4v) is 3.19. The summed E-state index contributed by atoms with van der Waals surface area (Å²) in [5.74, 6) is 0.787. The van der Waals surface area contributed by atoms with Gasteiger partial charge in [-0.25, -0.2) is 0 Å². The van der Waals surface area contributed by atoms with Crippen LogP contribution in [0.4, 0.5) is 0 Å². The molecule has 0 aliphatic rings. The number of ether oxygens (including phenoxy) is 1. The van der Waals surface area contributed by atoms with Crippen LogP contribution in [0.25, 0.3) is 16.9 Å². The second kappa shape index (κ2) is 8.12. The Morgan fingerprint density at radius 3 is 2.33 bits per heavy atom. The monoisotopic (exact) mass is 362 g/mol. The van der Waals surface area contributed by atoms with Gasteiger partial charge in [0, 0.05) is 17.4 Å². The van der Waals surface area contributed by atoms with E-state index in [4.69, 9.17) is 4.74 Å². The predicted molar refractivity (Wildman–Crippen MR) is 110 cm³/mol. The highest BCUT2D eigenvalue weighted by molar-refractivity contribution is 5.97. The molecule has 0 radical (unpaired) electrons. The zero-order valence-electron chi connectivity index (χ0n) is 16.3. The molecule has 0 saturated heterocycles. The van der Waals surface area contributed by atoms with Crippen molar-refractivity contribution < 1.29 is 9.53 Å². The van der Waals surface area contributed by atoms with Crippen molar-refractivity contribution in [2.24, 2.45) is 0 Å². The minimum Gasteiger partial charge on any atom is -0.494 e. The van der Waals surface area contributed by atoms with Gasteiger partial charge in [-0.2, -0.15) is 0 Å². The first-order valence-corrected chi connectivity index (χ1v) is 9.33. The van der Waals surface area contributed by atoms with Crippen LogP contribution >= 0.6 is 0 Å². The summed E-state index contributed by atoms with van der Waals surface area (Å²) in [5, 5.41) is 3.00. The van der Waals surface area contributed by atoms with Crippen molar-refractivity contribution in [1.29, 1.82) is 0 Å². The maximum atomic E-state index is 12.7. The number of carbonyl (C=O) groups excluding carboxylic acids is 1. The van der Waals surface area contributed by atoms with E-state index >= 15 is 0 Å². The van der Waals surface area contributed by atoms with Gasteiger partial charge >= 0.3 is 0 Å². The van der Waals surface area contributed by atoms with Gasteiger partial charge in [-0.05, 0) is 63.6 Å². The number of carbonyl (C=O) groups is 1. The SMILES string of the molecule is CCOc1ccc(-n2c(-c3ccccc3)cc(C(=O)NC(C)C)c2C)cc1. The van der Waals surface area contributed by atoms with E-state index in [0.29, 0.717) is 12.2 Å². The average Bonchev–Trinajstić information content (AvgIpc) is 3.00. The molecule has 3 rings (SSSR count). The molecule has 1 aromatic heterocycles. The van der Waals surface area contributed by atoms with Gasteiger partial charge < -0.3 is 14.6 Å². The van der Waals surface area contributed by atoms with Crippen LogP contribution in [0.3, 0.4) is 0 Å².